The number of halogens is 1. The summed E-state index contributed by atoms with van der Waals surface area (Å²) >= 11 is 1.68. The molecule has 1 aromatic carbocycles. The zero-order valence-corrected chi connectivity index (χ0v) is 19.1. The Kier molecular flexibility index (Phi) is 10.1. The first-order valence-electron chi connectivity index (χ1n) is 8.33. The second kappa shape index (κ2) is 11.8. The van der Waals surface area contributed by atoms with Crippen LogP contribution in [0.4, 0.5) is 0 Å². The molecule has 7 nitrogen and oxygen atoms in total. The highest BCUT2D eigenvalue weighted by atomic mass is 127. The van der Waals surface area contributed by atoms with E-state index >= 15 is 0 Å². The number of aryl methyl sites for hydroxylation is 2. The van der Waals surface area contributed by atoms with Crippen LogP contribution in [0.1, 0.15) is 25.9 Å². The van der Waals surface area contributed by atoms with Gasteiger partial charge in [-0.1, -0.05) is 0 Å². The average molecular weight is 503 g/mol. The lowest BCUT2D eigenvalue weighted by atomic mass is 10.2. The van der Waals surface area contributed by atoms with E-state index in [1.54, 1.807) is 49.8 Å². The fourth-order valence-corrected chi connectivity index (χ4v) is 3.20. The highest BCUT2D eigenvalue weighted by molar-refractivity contribution is 14.0. The predicted octanol–water partition coefficient (Wildman–Crippen LogP) is 2.48. The van der Waals surface area contributed by atoms with Gasteiger partial charge in [-0.15, -0.1) is 35.3 Å². The molecule has 0 spiro atoms. The van der Waals surface area contributed by atoms with Gasteiger partial charge in [0, 0.05) is 30.6 Å². The molecule has 27 heavy (non-hydrogen) atoms. The number of hydrogen-bond donors (Lipinski definition) is 3. The van der Waals surface area contributed by atoms with Crippen LogP contribution in [0, 0.1) is 13.8 Å². The Morgan fingerprint density at radius 1 is 1.15 bits per heavy atom. The monoisotopic (exact) mass is 503 g/mol. The molecule has 0 saturated heterocycles. The second-order valence-electron chi connectivity index (χ2n) is 5.58. The van der Waals surface area contributed by atoms with Gasteiger partial charge in [-0.3, -0.25) is 9.79 Å². The van der Waals surface area contributed by atoms with E-state index in [2.05, 4.69) is 25.9 Å². The molecule has 1 amide bonds. The topological polar surface area (TPSA) is 87.6 Å². The lowest BCUT2D eigenvalue weighted by molar-refractivity contribution is 0.0954. The van der Waals surface area contributed by atoms with Crippen LogP contribution in [-0.2, 0) is 6.54 Å². The van der Waals surface area contributed by atoms with Gasteiger partial charge in [-0.25, -0.2) is 4.98 Å². The van der Waals surface area contributed by atoms with Gasteiger partial charge in [0.2, 0.25) is 0 Å². The lowest BCUT2D eigenvalue weighted by Gasteiger charge is -2.12. The van der Waals surface area contributed by atoms with Crippen molar-refractivity contribution in [2.75, 3.05) is 27.2 Å². The zero-order chi connectivity index (χ0) is 18.9. The minimum atomic E-state index is -0.117. The first-order chi connectivity index (χ1) is 12.5. The van der Waals surface area contributed by atoms with Crippen LogP contribution in [0.2, 0.25) is 0 Å². The Balaban J connectivity index is 0.00000364. The number of carbonyl (C=O) groups is 1. The predicted molar refractivity (Wildman–Crippen MR) is 121 cm³/mol. The summed E-state index contributed by atoms with van der Waals surface area (Å²) in [6, 6.07) is 7.01. The molecule has 0 aliphatic heterocycles. The van der Waals surface area contributed by atoms with Crippen LogP contribution in [0.25, 0.3) is 0 Å². The number of carbonyl (C=O) groups excluding carboxylic acids is 1. The second-order valence-corrected chi connectivity index (χ2v) is 6.87. The third-order valence-corrected chi connectivity index (χ3v) is 4.77. The minimum Gasteiger partial charge on any atom is -0.497 e. The van der Waals surface area contributed by atoms with Crippen LogP contribution in [0.5, 0.6) is 5.75 Å². The van der Waals surface area contributed by atoms with Crippen LogP contribution < -0.4 is 20.7 Å². The summed E-state index contributed by atoms with van der Waals surface area (Å²) in [6.45, 7) is 5.74. The summed E-state index contributed by atoms with van der Waals surface area (Å²) in [7, 11) is 3.31. The van der Waals surface area contributed by atoms with E-state index < -0.39 is 0 Å². The third kappa shape index (κ3) is 7.33. The Morgan fingerprint density at radius 3 is 2.37 bits per heavy atom. The van der Waals surface area contributed by atoms with Crippen molar-refractivity contribution in [1.82, 2.24) is 20.9 Å². The van der Waals surface area contributed by atoms with Gasteiger partial charge in [0.1, 0.15) is 5.75 Å². The lowest BCUT2D eigenvalue weighted by Crippen LogP contribution is -2.41. The number of aromatic nitrogens is 1. The van der Waals surface area contributed by atoms with Crippen LogP contribution in [0.3, 0.4) is 0 Å². The van der Waals surface area contributed by atoms with Crippen molar-refractivity contribution in [1.29, 1.82) is 0 Å². The normalized spacial score (nSPS) is 10.7. The van der Waals surface area contributed by atoms with E-state index in [1.165, 1.54) is 4.88 Å². The van der Waals surface area contributed by atoms with Crippen LogP contribution >= 0.6 is 35.3 Å². The Labute approximate surface area is 181 Å². The van der Waals surface area contributed by atoms with Crippen molar-refractivity contribution in [2.45, 2.75) is 20.4 Å². The molecule has 0 bridgehead atoms. The van der Waals surface area contributed by atoms with Gasteiger partial charge in [-0.05, 0) is 38.1 Å². The number of thiazole rings is 1. The number of hydrogen-bond acceptors (Lipinski definition) is 5. The largest absolute Gasteiger partial charge is 0.497 e. The van der Waals surface area contributed by atoms with E-state index in [0.717, 1.165) is 16.5 Å². The number of benzene rings is 1. The summed E-state index contributed by atoms with van der Waals surface area (Å²) in [6.07, 6.45) is 0. The van der Waals surface area contributed by atoms with Crippen LogP contribution in [0.15, 0.2) is 29.3 Å². The molecule has 1 heterocycles. The summed E-state index contributed by atoms with van der Waals surface area (Å²) in [5, 5.41) is 10.4. The highest BCUT2D eigenvalue weighted by Crippen LogP contribution is 2.16. The summed E-state index contributed by atoms with van der Waals surface area (Å²) < 4.78 is 5.08. The molecule has 3 N–H and O–H groups in total. The molecule has 2 aromatic rings. The minimum absolute atomic E-state index is 0. The van der Waals surface area contributed by atoms with E-state index in [-0.39, 0.29) is 29.9 Å². The van der Waals surface area contributed by atoms with Crippen molar-refractivity contribution < 1.29 is 9.53 Å². The third-order valence-electron chi connectivity index (χ3n) is 3.69. The fraction of sp³-hybridized carbons (Fsp3) is 0.389. The van der Waals surface area contributed by atoms with Crippen molar-refractivity contribution in [3.8, 4) is 5.75 Å². The maximum absolute atomic E-state index is 12.1. The van der Waals surface area contributed by atoms with E-state index in [4.69, 9.17) is 4.74 Å². The van der Waals surface area contributed by atoms with Crippen molar-refractivity contribution in [3.05, 3.63) is 45.4 Å². The van der Waals surface area contributed by atoms with Crippen molar-refractivity contribution >= 4 is 47.2 Å². The molecule has 0 fully saturated rings. The number of methoxy groups -OCH3 is 1. The van der Waals surface area contributed by atoms with Gasteiger partial charge in [0.15, 0.2) is 5.96 Å². The molecule has 0 saturated carbocycles. The number of rotatable bonds is 7. The fourth-order valence-electron chi connectivity index (χ4n) is 2.32. The Bertz CT molecular complexity index is 762. The summed E-state index contributed by atoms with van der Waals surface area (Å²) in [5.41, 5.74) is 1.64. The number of ether oxygens (including phenoxy) is 1. The molecular weight excluding hydrogens is 477 g/mol. The van der Waals surface area contributed by atoms with E-state index in [9.17, 15) is 4.79 Å². The first kappa shape index (κ1) is 23.2. The molecule has 0 unspecified atom stereocenters. The maximum Gasteiger partial charge on any atom is 0.251 e. The molecular formula is C18H26IN5O2S. The first-order valence-corrected chi connectivity index (χ1v) is 9.14. The molecule has 1 aromatic heterocycles. The number of aliphatic imine (C=N–C) groups is 1. The summed E-state index contributed by atoms with van der Waals surface area (Å²) in [4.78, 5) is 21.9. The number of nitrogens with zero attached hydrogens (tertiary/aromatic N) is 2. The van der Waals surface area contributed by atoms with Gasteiger partial charge >= 0.3 is 0 Å². The molecule has 0 aliphatic rings. The van der Waals surface area contributed by atoms with Gasteiger partial charge in [-0.2, -0.15) is 0 Å². The van der Waals surface area contributed by atoms with Gasteiger partial charge in [0.25, 0.3) is 5.91 Å². The summed E-state index contributed by atoms with van der Waals surface area (Å²) in [5.74, 6) is 1.30. The average Bonchev–Trinajstić information content (AvgIpc) is 2.98. The number of amides is 1. The maximum atomic E-state index is 12.1. The molecule has 148 valence electrons. The molecule has 0 radical (unpaired) electrons. The molecule has 9 heteroatoms. The Morgan fingerprint density at radius 2 is 1.81 bits per heavy atom. The van der Waals surface area contributed by atoms with Gasteiger partial charge in [0.05, 0.1) is 24.4 Å². The number of nitrogens with one attached hydrogen (secondary N) is 3. The van der Waals surface area contributed by atoms with Gasteiger partial charge < -0.3 is 20.7 Å². The smallest absolute Gasteiger partial charge is 0.251 e. The number of guanidine groups is 1. The standard InChI is InChI=1S/C18H25N5O2S.HI/c1-12-16(26-13(2)23-12)11-22-18(19-3)21-10-9-20-17(24)14-5-7-15(25-4)8-6-14;/h5-8H,9-11H2,1-4H3,(H,20,24)(H2,19,21,22);1H. The van der Waals surface area contributed by atoms with Crippen molar-refractivity contribution in [3.63, 3.8) is 0 Å². The zero-order valence-electron chi connectivity index (χ0n) is 16.0. The van der Waals surface area contributed by atoms with E-state index in [0.29, 0.717) is 31.2 Å². The SMILES string of the molecule is CN=C(NCCNC(=O)c1ccc(OC)cc1)NCc1sc(C)nc1C.I. The highest BCUT2D eigenvalue weighted by Gasteiger charge is 2.07. The van der Waals surface area contributed by atoms with Crippen molar-refractivity contribution in [2.24, 2.45) is 4.99 Å². The molecule has 0 aliphatic carbocycles. The molecule has 0 atom stereocenters. The van der Waals surface area contributed by atoms with Crippen LogP contribution in [-0.4, -0.2) is 44.1 Å². The molecule has 2 rings (SSSR count). The quantitative estimate of drug-likeness (QED) is 0.234. The Hall–Kier alpha value is -1.88. The van der Waals surface area contributed by atoms with E-state index in [1.807, 2.05) is 13.8 Å².